The van der Waals surface area contributed by atoms with Crippen LogP contribution in [0, 0.1) is 70.0 Å². The number of hydrogen-bond acceptors (Lipinski definition) is 38. The SMILES string of the molecule is [2H]CC(O)C(O)C1OC(C(=O)O)(C(CC2(C(=O)O)CC(O)C(NC(C)=O)C(C(O)C(O)CO)O2)C(C)(CC2(C(=O)O)CC(O)C(NC(C)=O)C(C(O)C(O)CO)O2)C(C(C)C)C(C)C)CC(O)C1C.[2H]CC(O)C(O)C1OC(CC(C2(C(=O)O)CC(O)C(NC(C)=O)C(C(O)C(O)CO)O2)C(C)(CC2(C(=O)O)CC(O)C(NC(C)=O)C(C(O)C(O)CO)O2)C(C(C)C)C(C)C)(C(=O)O)CC(O)C1C. The molecule has 0 spiro atoms. The largest absolute Gasteiger partial charge is 0.479 e. The summed E-state index contributed by atoms with van der Waals surface area (Å²) in [4.78, 5) is 135. The number of hydrogen-bond donors (Lipinski definition) is 32. The molecule has 32 N–H and O–H groups in total. The highest BCUT2D eigenvalue weighted by Gasteiger charge is 2.73. The molecule has 0 bridgehead atoms. The molecule has 6 rings (SSSR count). The van der Waals surface area contributed by atoms with Crippen LogP contribution in [0.5, 0.6) is 0 Å². The van der Waals surface area contributed by atoms with Gasteiger partial charge in [-0.15, -0.1) is 0 Å². The smallest absolute Gasteiger partial charge is 0.336 e. The standard InChI is InChI=1S/2C44H76N2O22/c1-17(2)29(18(3)4)41(9,16-43(39(62)63)11-25(54)31(46-22(8)51)37(67-43)34(59)27(56)15-48)28(44(40(64)65)12-23(52)19(5)35(68-44)32(57)20(6)49)13-42(38(60)61)10-24(53)30(45-21(7)50)36(66-42)33(58)26(55)14-47;1-17(2)29(18(3)4)41(9,16-43(39(62)63)11-24(53)30(45-21(7)50)36(67-43)33(58)26(55)14-47)28(13-42(38(60)61)10-23(52)19(5)35(66-42)32(57)20(6)49)44(40(64)65)12-25(54)31(46-22(8)51)37(68-44)34(59)27(56)15-48/h2*17-20,23-37,47-49,52-59H,10-16H2,1-9H3,(H,45,50)(H,46,51)(H,60,61)(H,62,63)(H,64,65)/i2*6D. The molecule has 0 aliphatic carbocycles. The maximum Gasteiger partial charge on any atom is 0.336 e. The molecule has 0 aromatic carbocycles. The summed E-state index contributed by atoms with van der Waals surface area (Å²) in [7, 11) is 0. The van der Waals surface area contributed by atoms with Gasteiger partial charge in [0, 0.05) is 92.6 Å². The Morgan fingerprint density at radius 3 is 0.787 bits per heavy atom. The van der Waals surface area contributed by atoms with Gasteiger partial charge >= 0.3 is 35.8 Å². The molecule has 6 aliphatic rings. The Morgan fingerprint density at radius 2 is 0.544 bits per heavy atom. The fourth-order valence-corrected chi connectivity index (χ4v) is 23.5. The molecule has 40 atom stereocenters. The number of ether oxygens (including phenoxy) is 6. The first-order valence-electron chi connectivity index (χ1n) is 46.8. The molecule has 4 amide bonds. The normalized spacial score (nSPS) is 36.6. The lowest BCUT2D eigenvalue weighted by atomic mass is 9.50. The summed E-state index contributed by atoms with van der Waals surface area (Å²) in [6.07, 6.45) is -58.9. The molecule has 48 heteroatoms. The van der Waals surface area contributed by atoms with E-state index in [1.165, 1.54) is 27.7 Å². The molecule has 0 aromatic heterocycles. The van der Waals surface area contributed by atoms with Crippen molar-refractivity contribution < 1.29 is 222 Å². The van der Waals surface area contributed by atoms with Gasteiger partial charge in [-0.05, 0) is 85.8 Å². The second-order valence-corrected chi connectivity index (χ2v) is 40.3. The maximum absolute atomic E-state index is 14.5. The minimum Gasteiger partial charge on any atom is -0.479 e. The topological polar surface area (TPSA) is 841 Å². The van der Waals surface area contributed by atoms with Crippen molar-refractivity contribution in [1.29, 1.82) is 0 Å². The van der Waals surface area contributed by atoms with Crippen LogP contribution >= 0.6 is 0 Å². The van der Waals surface area contributed by atoms with Crippen LogP contribution in [0.2, 0.25) is 0 Å². The van der Waals surface area contributed by atoms with E-state index in [2.05, 4.69) is 21.3 Å². The first-order chi connectivity index (χ1) is 63.5. The van der Waals surface area contributed by atoms with E-state index in [0.717, 1.165) is 27.7 Å². The summed E-state index contributed by atoms with van der Waals surface area (Å²) in [5.41, 5.74) is -21.8. The number of aliphatic hydroxyl groups is 22. The molecule has 6 saturated heterocycles. The highest BCUT2D eigenvalue weighted by Crippen LogP contribution is 2.64. The zero-order chi connectivity index (χ0) is 106. The maximum atomic E-state index is 14.5. The molecule has 40 unspecified atom stereocenters. The number of aliphatic carboxylic acids is 6. The third kappa shape index (κ3) is 25.4. The van der Waals surface area contributed by atoms with Crippen LogP contribution in [0.15, 0.2) is 0 Å². The molecule has 6 heterocycles. The van der Waals surface area contributed by atoms with E-state index < -0.39 is 438 Å². The first-order valence-corrected chi connectivity index (χ1v) is 45.4. The molecule has 6 fully saturated rings. The summed E-state index contributed by atoms with van der Waals surface area (Å²) < 4.78 is 53.3. The second kappa shape index (κ2) is 47.6. The molecule has 0 radical (unpaired) electrons. The van der Waals surface area contributed by atoms with Crippen LogP contribution in [0.25, 0.3) is 0 Å². The quantitative estimate of drug-likeness (QED) is 0.0269. The summed E-state index contributed by atoms with van der Waals surface area (Å²) >= 11 is 0. The van der Waals surface area contributed by atoms with Crippen LogP contribution in [-0.2, 0) is 76.4 Å². The average Bonchev–Trinajstić information content (AvgIpc) is 0.708. The van der Waals surface area contributed by atoms with Gasteiger partial charge in [0.15, 0.2) is 33.6 Å². The number of carbonyl (C=O) groups is 10. The predicted molar refractivity (Wildman–Crippen MR) is 464 cm³/mol. The molecule has 0 aromatic rings. The van der Waals surface area contributed by atoms with Gasteiger partial charge in [0.25, 0.3) is 0 Å². The number of carboxylic acids is 6. The molecule has 136 heavy (non-hydrogen) atoms. The van der Waals surface area contributed by atoms with Gasteiger partial charge in [-0.2, -0.15) is 0 Å². The van der Waals surface area contributed by atoms with E-state index in [1.54, 1.807) is 55.4 Å². The van der Waals surface area contributed by atoms with Crippen LogP contribution in [-0.4, -0.2) is 433 Å². The number of carboxylic acid groups (broad SMARTS) is 6. The summed E-state index contributed by atoms with van der Waals surface area (Å²) in [6, 6.07) is -6.73. The van der Waals surface area contributed by atoms with E-state index in [1.807, 2.05) is 0 Å². The van der Waals surface area contributed by atoms with E-state index >= 15 is 0 Å². The Hall–Kier alpha value is -6.42. The van der Waals surface area contributed by atoms with Crippen molar-refractivity contribution in [3.8, 4) is 0 Å². The van der Waals surface area contributed by atoms with Crippen molar-refractivity contribution in [2.24, 2.45) is 70.0 Å². The van der Waals surface area contributed by atoms with Gasteiger partial charge < -0.3 is 193 Å². The van der Waals surface area contributed by atoms with Crippen LogP contribution in [0.1, 0.15) is 192 Å². The van der Waals surface area contributed by atoms with Crippen LogP contribution < -0.4 is 21.3 Å². The third-order valence-electron chi connectivity index (χ3n) is 29.1. The molecule has 6 aliphatic heterocycles. The third-order valence-corrected chi connectivity index (χ3v) is 29.1. The summed E-state index contributed by atoms with van der Waals surface area (Å²) in [5, 5.41) is 321. The van der Waals surface area contributed by atoms with Gasteiger partial charge in [0.05, 0.1) is 112 Å². The Labute approximate surface area is 789 Å². The summed E-state index contributed by atoms with van der Waals surface area (Å²) in [6.45, 7) is 16.5. The van der Waals surface area contributed by atoms with Crippen molar-refractivity contribution in [3.63, 3.8) is 0 Å². The number of nitrogens with one attached hydrogen (secondary N) is 4. The van der Waals surface area contributed by atoms with Crippen molar-refractivity contribution in [2.75, 3.05) is 26.4 Å². The van der Waals surface area contributed by atoms with Gasteiger partial charge in [0.2, 0.25) is 23.6 Å². The van der Waals surface area contributed by atoms with Crippen molar-refractivity contribution >= 4 is 59.4 Å². The van der Waals surface area contributed by atoms with Gasteiger partial charge in [-0.3, -0.25) is 19.2 Å². The first kappa shape index (κ1) is 117. The van der Waals surface area contributed by atoms with Crippen LogP contribution in [0.4, 0.5) is 0 Å². The zero-order valence-electron chi connectivity index (χ0n) is 81.3. The molecule has 0 saturated carbocycles. The summed E-state index contributed by atoms with van der Waals surface area (Å²) in [5.74, 6) is -26.0. The fraction of sp³-hybridized carbons (Fsp3) is 0.886. The Bertz CT molecular complexity index is 4040. The van der Waals surface area contributed by atoms with Crippen molar-refractivity contribution in [3.05, 3.63) is 0 Å². The van der Waals surface area contributed by atoms with Crippen molar-refractivity contribution in [1.82, 2.24) is 21.3 Å². The average molecular weight is 1970 g/mol. The molecule has 788 valence electrons. The highest BCUT2D eigenvalue weighted by atomic mass is 16.6. The Kier molecular flexibility index (Phi) is 40.8. The number of aliphatic hydroxyl groups excluding tert-OH is 22. The van der Waals surface area contributed by atoms with Gasteiger partial charge in [-0.25, -0.2) is 28.8 Å². The number of rotatable bonds is 44. The molecule has 48 nitrogen and oxygen atoms in total. The van der Waals surface area contributed by atoms with Gasteiger partial charge in [-0.1, -0.05) is 83.1 Å². The predicted octanol–water partition coefficient (Wildman–Crippen LogP) is -7.90. The Balaban J connectivity index is 0.000000487. The lowest BCUT2D eigenvalue weighted by molar-refractivity contribution is -0.286. The monoisotopic (exact) mass is 1970 g/mol. The number of carbonyl (C=O) groups excluding carboxylic acids is 4. The minimum atomic E-state index is -3.10. The fourth-order valence-electron chi connectivity index (χ4n) is 23.5. The van der Waals surface area contributed by atoms with E-state index in [4.69, 9.17) is 31.2 Å². The highest BCUT2D eigenvalue weighted by molar-refractivity contribution is 5.84. The minimum absolute atomic E-state index is 0.650. The van der Waals surface area contributed by atoms with E-state index in [0.29, 0.717) is 0 Å². The zero-order valence-corrected chi connectivity index (χ0v) is 79.3. The Morgan fingerprint density at radius 1 is 0.331 bits per heavy atom. The van der Waals surface area contributed by atoms with Crippen LogP contribution in [0.3, 0.4) is 0 Å². The van der Waals surface area contributed by atoms with Crippen molar-refractivity contribution in [2.45, 2.75) is 393 Å². The molecular formula is C88H152N4O44. The second-order valence-electron chi connectivity index (χ2n) is 40.3. The lowest BCUT2D eigenvalue weighted by Gasteiger charge is -2.60. The lowest BCUT2D eigenvalue weighted by Crippen LogP contribution is -2.73. The molecular weight excluding hydrogens is 1820 g/mol. The van der Waals surface area contributed by atoms with Gasteiger partial charge in [0.1, 0.15) is 85.5 Å². The number of amides is 4. The van der Waals surface area contributed by atoms with E-state index in [-0.39, 0.29) is 0 Å². The van der Waals surface area contributed by atoms with E-state index in [9.17, 15) is 191 Å².